The SMILES string of the molecule is Cc1ccc(CC(=O)c2ccc(Br)cc2Cl)cc1C. The van der Waals surface area contributed by atoms with Crippen LogP contribution in [0.2, 0.25) is 5.02 Å². The van der Waals surface area contributed by atoms with Crippen molar-refractivity contribution < 1.29 is 4.79 Å². The molecule has 2 rings (SSSR count). The molecule has 0 aliphatic carbocycles. The largest absolute Gasteiger partial charge is 0.294 e. The predicted molar refractivity (Wildman–Crippen MR) is 83.1 cm³/mol. The summed E-state index contributed by atoms with van der Waals surface area (Å²) < 4.78 is 0.875. The summed E-state index contributed by atoms with van der Waals surface area (Å²) in [6, 6.07) is 11.4. The van der Waals surface area contributed by atoms with Crippen LogP contribution in [0, 0.1) is 13.8 Å². The minimum Gasteiger partial charge on any atom is -0.294 e. The summed E-state index contributed by atoms with van der Waals surface area (Å²) in [6.07, 6.45) is 0.377. The number of halogens is 2. The van der Waals surface area contributed by atoms with Gasteiger partial charge in [0.05, 0.1) is 5.02 Å². The maximum Gasteiger partial charge on any atom is 0.168 e. The summed E-state index contributed by atoms with van der Waals surface area (Å²) in [5, 5.41) is 0.489. The van der Waals surface area contributed by atoms with Crippen LogP contribution in [0.1, 0.15) is 27.0 Å². The van der Waals surface area contributed by atoms with Gasteiger partial charge in [-0.05, 0) is 48.7 Å². The van der Waals surface area contributed by atoms with Gasteiger partial charge in [0.15, 0.2) is 5.78 Å². The average molecular weight is 338 g/mol. The molecule has 98 valence electrons. The van der Waals surface area contributed by atoms with E-state index in [0.717, 1.165) is 10.0 Å². The first kappa shape index (κ1) is 14.3. The van der Waals surface area contributed by atoms with E-state index >= 15 is 0 Å². The van der Waals surface area contributed by atoms with Crippen LogP contribution < -0.4 is 0 Å². The van der Waals surface area contributed by atoms with Crippen molar-refractivity contribution in [1.29, 1.82) is 0 Å². The number of ketones is 1. The van der Waals surface area contributed by atoms with Crippen LogP contribution in [0.3, 0.4) is 0 Å². The molecule has 0 saturated carbocycles. The van der Waals surface area contributed by atoms with Gasteiger partial charge in [0.25, 0.3) is 0 Å². The fraction of sp³-hybridized carbons (Fsp3) is 0.188. The van der Waals surface area contributed by atoms with Gasteiger partial charge in [0.2, 0.25) is 0 Å². The number of hydrogen-bond donors (Lipinski definition) is 0. The molecule has 0 aliphatic rings. The molecule has 1 nitrogen and oxygen atoms in total. The first-order chi connectivity index (χ1) is 8.97. The van der Waals surface area contributed by atoms with E-state index in [1.807, 2.05) is 18.2 Å². The summed E-state index contributed by atoms with van der Waals surface area (Å²) in [7, 11) is 0. The van der Waals surface area contributed by atoms with Crippen LogP contribution in [-0.2, 0) is 6.42 Å². The zero-order valence-electron chi connectivity index (χ0n) is 10.8. The predicted octanol–water partition coefficient (Wildman–Crippen LogP) is 5.14. The molecular weight excluding hydrogens is 324 g/mol. The van der Waals surface area contributed by atoms with Crippen LogP contribution in [0.25, 0.3) is 0 Å². The Balaban J connectivity index is 2.23. The van der Waals surface area contributed by atoms with E-state index in [1.165, 1.54) is 11.1 Å². The van der Waals surface area contributed by atoms with Crippen LogP contribution >= 0.6 is 27.5 Å². The molecule has 0 bridgehead atoms. The summed E-state index contributed by atoms with van der Waals surface area (Å²) in [5.41, 5.74) is 4.03. The highest BCUT2D eigenvalue weighted by molar-refractivity contribution is 9.10. The lowest BCUT2D eigenvalue weighted by Crippen LogP contribution is -2.04. The Labute approximate surface area is 126 Å². The summed E-state index contributed by atoms with van der Waals surface area (Å²) in [4.78, 5) is 12.2. The van der Waals surface area contributed by atoms with E-state index in [9.17, 15) is 4.79 Å². The van der Waals surface area contributed by atoms with E-state index in [4.69, 9.17) is 11.6 Å². The Morgan fingerprint density at radius 1 is 1.11 bits per heavy atom. The van der Waals surface area contributed by atoms with Gasteiger partial charge in [-0.15, -0.1) is 0 Å². The maximum atomic E-state index is 12.2. The molecule has 2 aromatic carbocycles. The average Bonchev–Trinajstić information content (AvgIpc) is 2.33. The summed E-state index contributed by atoms with van der Waals surface area (Å²) >= 11 is 9.43. The normalized spacial score (nSPS) is 10.5. The highest BCUT2D eigenvalue weighted by Gasteiger charge is 2.11. The first-order valence-electron chi connectivity index (χ1n) is 6.02. The van der Waals surface area contributed by atoms with Crippen molar-refractivity contribution in [1.82, 2.24) is 0 Å². The van der Waals surface area contributed by atoms with Gasteiger partial charge in [-0.1, -0.05) is 45.7 Å². The van der Waals surface area contributed by atoms with Crippen molar-refractivity contribution in [3.05, 3.63) is 68.1 Å². The monoisotopic (exact) mass is 336 g/mol. The molecule has 0 radical (unpaired) electrons. The van der Waals surface area contributed by atoms with Crippen molar-refractivity contribution in [3.63, 3.8) is 0 Å². The quantitative estimate of drug-likeness (QED) is 0.708. The Hall–Kier alpha value is -1.12. The van der Waals surface area contributed by atoms with Gasteiger partial charge in [0.1, 0.15) is 0 Å². The second kappa shape index (κ2) is 5.89. The summed E-state index contributed by atoms with van der Waals surface area (Å²) in [5.74, 6) is 0.0424. The molecule has 0 saturated heterocycles. The number of rotatable bonds is 3. The molecule has 0 aliphatic heterocycles. The molecule has 0 N–H and O–H groups in total. The third kappa shape index (κ3) is 3.46. The first-order valence-corrected chi connectivity index (χ1v) is 7.19. The van der Waals surface area contributed by atoms with Crippen molar-refractivity contribution in [3.8, 4) is 0 Å². The molecule has 2 aromatic rings. The van der Waals surface area contributed by atoms with E-state index in [-0.39, 0.29) is 5.78 Å². The fourth-order valence-electron chi connectivity index (χ4n) is 1.91. The standard InChI is InChI=1S/C16H14BrClO/c1-10-3-4-12(7-11(10)2)8-16(19)14-6-5-13(17)9-15(14)18/h3-7,9H,8H2,1-2H3. The number of carbonyl (C=O) groups excluding carboxylic acids is 1. The zero-order valence-corrected chi connectivity index (χ0v) is 13.2. The molecule has 0 amide bonds. The lowest BCUT2D eigenvalue weighted by molar-refractivity contribution is 0.0993. The Morgan fingerprint density at radius 2 is 1.84 bits per heavy atom. The van der Waals surface area contributed by atoms with E-state index in [1.54, 1.807) is 12.1 Å². The van der Waals surface area contributed by atoms with E-state index in [0.29, 0.717) is 17.0 Å². The number of carbonyl (C=O) groups is 1. The molecule has 3 heteroatoms. The lowest BCUT2D eigenvalue weighted by Gasteiger charge is -2.06. The molecule has 0 spiro atoms. The third-order valence-electron chi connectivity index (χ3n) is 3.17. The van der Waals surface area contributed by atoms with E-state index < -0.39 is 0 Å². The molecule has 0 atom stereocenters. The Bertz CT molecular complexity index is 635. The maximum absolute atomic E-state index is 12.2. The second-order valence-electron chi connectivity index (χ2n) is 4.64. The van der Waals surface area contributed by atoms with Crippen molar-refractivity contribution in [2.45, 2.75) is 20.3 Å². The lowest BCUT2D eigenvalue weighted by atomic mass is 9.99. The topological polar surface area (TPSA) is 17.1 Å². The summed E-state index contributed by atoms with van der Waals surface area (Å²) in [6.45, 7) is 4.11. The highest BCUT2D eigenvalue weighted by Crippen LogP contribution is 2.23. The third-order valence-corrected chi connectivity index (χ3v) is 3.97. The Morgan fingerprint density at radius 3 is 2.47 bits per heavy atom. The van der Waals surface area contributed by atoms with Crippen LogP contribution in [-0.4, -0.2) is 5.78 Å². The van der Waals surface area contributed by atoms with Crippen molar-refractivity contribution in [2.24, 2.45) is 0 Å². The second-order valence-corrected chi connectivity index (χ2v) is 5.97. The molecular formula is C16H14BrClO. The van der Waals surface area contributed by atoms with Gasteiger partial charge in [-0.2, -0.15) is 0 Å². The zero-order chi connectivity index (χ0) is 14.0. The molecule has 19 heavy (non-hydrogen) atoms. The minimum atomic E-state index is 0.0424. The molecule has 0 aromatic heterocycles. The van der Waals surface area contributed by atoms with Crippen molar-refractivity contribution >= 4 is 33.3 Å². The number of Topliss-reactive ketones (excluding diaryl/α,β-unsaturated/α-hetero) is 1. The van der Waals surface area contributed by atoms with Gasteiger partial charge >= 0.3 is 0 Å². The van der Waals surface area contributed by atoms with Crippen molar-refractivity contribution in [2.75, 3.05) is 0 Å². The Kier molecular flexibility index (Phi) is 4.43. The molecule has 0 fully saturated rings. The fourth-order valence-corrected chi connectivity index (χ4v) is 2.69. The number of benzene rings is 2. The van der Waals surface area contributed by atoms with E-state index in [2.05, 4.69) is 35.8 Å². The van der Waals surface area contributed by atoms with Gasteiger partial charge in [-0.25, -0.2) is 0 Å². The van der Waals surface area contributed by atoms with Gasteiger partial charge in [-0.3, -0.25) is 4.79 Å². The number of aryl methyl sites for hydroxylation is 2. The van der Waals surface area contributed by atoms with Crippen LogP contribution in [0.4, 0.5) is 0 Å². The van der Waals surface area contributed by atoms with Gasteiger partial charge < -0.3 is 0 Å². The minimum absolute atomic E-state index is 0.0424. The van der Waals surface area contributed by atoms with Crippen LogP contribution in [0.5, 0.6) is 0 Å². The van der Waals surface area contributed by atoms with Gasteiger partial charge in [0, 0.05) is 16.5 Å². The highest BCUT2D eigenvalue weighted by atomic mass is 79.9. The smallest absolute Gasteiger partial charge is 0.168 e. The molecule has 0 heterocycles. The van der Waals surface area contributed by atoms with Crippen LogP contribution in [0.15, 0.2) is 40.9 Å². The molecule has 0 unspecified atom stereocenters. The number of hydrogen-bond acceptors (Lipinski definition) is 1.